The average Bonchev–Trinajstić information content (AvgIpc) is 2.60. The Hall–Kier alpha value is -2.37. The fourth-order valence-corrected chi connectivity index (χ4v) is 2.16. The molecule has 0 amide bonds. The minimum absolute atomic E-state index is 0.660. The van der Waals surface area contributed by atoms with Crippen LogP contribution < -0.4 is 15.0 Å². The Kier molecular flexibility index (Phi) is 6.59. The number of unbranched alkanes of at least 4 members (excludes halogenated alkanes) is 1. The summed E-state index contributed by atoms with van der Waals surface area (Å²) in [7, 11) is 3.67. The minimum atomic E-state index is 0.660. The number of nitrogens with one attached hydrogen (secondary N) is 1. The maximum Gasteiger partial charge on any atom is 0.247 e. The average molecular weight is 315 g/mol. The van der Waals surface area contributed by atoms with E-state index in [4.69, 9.17) is 4.74 Å². The van der Waals surface area contributed by atoms with Crippen LogP contribution in [-0.4, -0.2) is 42.4 Å². The number of hydrogen-bond donors (Lipinski definition) is 1. The van der Waals surface area contributed by atoms with E-state index in [1.165, 1.54) is 5.56 Å². The summed E-state index contributed by atoms with van der Waals surface area (Å²) < 4.78 is 5.16. The molecule has 1 aromatic carbocycles. The summed E-state index contributed by atoms with van der Waals surface area (Å²) >= 11 is 0. The van der Waals surface area contributed by atoms with Gasteiger partial charge in [-0.15, -0.1) is 5.10 Å². The van der Waals surface area contributed by atoms with E-state index in [1.807, 2.05) is 24.1 Å². The zero-order valence-corrected chi connectivity index (χ0v) is 14.1. The Bertz CT molecular complexity index is 588. The van der Waals surface area contributed by atoms with Crippen LogP contribution in [0.15, 0.2) is 30.5 Å². The Morgan fingerprint density at radius 3 is 2.70 bits per heavy atom. The van der Waals surface area contributed by atoms with Gasteiger partial charge >= 0.3 is 0 Å². The second-order valence-electron chi connectivity index (χ2n) is 5.44. The summed E-state index contributed by atoms with van der Waals surface area (Å²) in [6, 6.07) is 8.09. The van der Waals surface area contributed by atoms with Crippen LogP contribution in [0, 0.1) is 0 Å². The summed E-state index contributed by atoms with van der Waals surface area (Å²) in [5, 5.41) is 11.4. The van der Waals surface area contributed by atoms with Crippen LogP contribution in [0.1, 0.15) is 25.3 Å². The van der Waals surface area contributed by atoms with Gasteiger partial charge in [0.25, 0.3) is 0 Å². The van der Waals surface area contributed by atoms with Crippen molar-refractivity contribution in [1.29, 1.82) is 0 Å². The van der Waals surface area contributed by atoms with Crippen LogP contribution >= 0.6 is 0 Å². The lowest BCUT2D eigenvalue weighted by Crippen LogP contribution is -2.22. The van der Waals surface area contributed by atoms with Crippen LogP contribution in [-0.2, 0) is 6.42 Å². The molecule has 0 aliphatic heterocycles. The van der Waals surface area contributed by atoms with Gasteiger partial charge in [0.15, 0.2) is 5.82 Å². The maximum atomic E-state index is 5.16. The summed E-state index contributed by atoms with van der Waals surface area (Å²) in [6.45, 7) is 3.90. The van der Waals surface area contributed by atoms with E-state index in [9.17, 15) is 0 Å². The molecule has 6 nitrogen and oxygen atoms in total. The van der Waals surface area contributed by atoms with Crippen molar-refractivity contribution < 1.29 is 4.74 Å². The number of nitrogens with zero attached hydrogens (tertiary/aromatic N) is 4. The van der Waals surface area contributed by atoms with Crippen molar-refractivity contribution in [1.82, 2.24) is 15.2 Å². The zero-order chi connectivity index (χ0) is 16.5. The van der Waals surface area contributed by atoms with Gasteiger partial charge in [0.1, 0.15) is 5.75 Å². The van der Waals surface area contributed by atoms with Crippen LogP contribution in [0.25, 0.3) is 0 Å². The van der Waals surface area contributed by atoms with Gasteiger partial charge in [-0.2, -0.15) is 10.1 Å². The van der Waals surface area contributed by atoms with Gasteiger partial charge in [-0.1, -0.05) is 25.5 Å². The van der Waals surface area contributed by atoms with Gasteiger partial charge in [0, 0.05) is 20.1 Å². The number of ether oxygens (including phenoxy) is 1. The lowest BCUT2D eigenvalue weighted by atomic mass is 10.1. The molecule has 0 radical (unpaired) electrons. The third-order valence-electron chi connectivity index (χ3n) is 3.61. The SMILES string of the molecule is CCCCN(C)c1nncc(NCCc2ccc(OC)cc2)n1. The van der Waals surface area contributed by atoms with Crippen molar-refractivity contribution in [2.24, 2.45) is 0 Å². The van der Waals surface area contributed by atoms with E-state index in [-0.39, 0.29) is 0 Å². The second-order valence-corrected chi connectivity index (χ2v) is 5.44. The molecule has 1 aromatic heterocycles. The molecule has 23 heavy (non-hydrogen) atoms. The number of rotatable bonds is 9. The van der Waals surface area contributed by atoms with Crippen molar-refractivity contribution >= 4 is 11.8 Å². The number of hydrogen-bond acceptors (Lipinski definition) is 6. The first-order chi connectivity index (χ1) is 11.2. The van der Waals surface area contributed by atoms with Crippen molar-refractivity contribution in [2.45, 2.75) is 26.2 Å². The van der Waals surface area contributed by atoms with Crippen LogP contribution in [0.3, 0.4) is 0 Å². The molecule has 6 heteroatoms. The third-order valence-corrected chi connectivity index (χ3v) is 3.61. The van der Waals surface area contributed by atoms with E-state index in [2.05, 4.69) is 39.6 Å². The van der Waals surface area contributed by atoms with Crippen LogP contribution in [0.2, 0.25) is 0 Å². The van der Waals surface area contributed by atoms with Crippen molar-refractivity contribution in [2.75, 3.05) is 37.5 Å². The lowest BCUT2D eigenvalue weighted by molar-refractivity contribution is 0.414. The smallest absolute Gasteiger partial charge is 0.247 e. The van der Waals surface area contributed by atoms with Gasteiger partial charge in [0.05, 0.1) is 13.3 Å². The first-order valence-corrected chi connectivity index (χ1v) is 8.00. The summed E-state index contributed by atoms with van der Waals surface area (Å²) in [6.07, 6.45) is 4.84. The molecule has 0 spiro atoms. The van der Waals surface area contributed by atoms with E-state index in [1.54, 1.807) is 13.3 Å². The van der Waals surface area contributed by atoms with Gasteiger partial charge in [-0.25, -0.2) is 0 Å². The molecule has 0 atom stereocenters. The molecule has 2 aromatic rings. The normalized spacial score (nSPS) is 10.4. The highest BCUT2D eigenvalue weighted by Crippen LogP contribution is 2.12. The van der Waals surface area contributed by atoms with Crippen LogP contribution in [0.5, 0.6) is 5.75 Å². The number of anilines is 2. The van der Waals surface area contributed by atoms with Gasteiger partial charge in [-0.05, 0) is 30.5 Å². The molecule has 0 fully saturated rings. The molecule has 0 aliphatic rings. The van der Waals surface area contributed by atoms with Crippen molar-refractivity contribution in [3.05, 3.63) is 36.0 Å². The fraction of sp³-hybridized carbons (Fsp3) is 0.471. The molecular weight excluding hydrogens is 290 g/mol. The van der Waals surface area contributed by atoms with Gasteiger partial charge in [-0.3, -0.25) is 0 Å². The molecule has 2 rings (SSSR count). The topological polar surface area (TPSA) is 63.2 Å². The lowest BCUT2D eigenvalue weighted by Gasteiger charge is -2.16. The number of aromatic nitrogens is 3. The molecule has 0 bridgehead atoms. The number of methoxy groups -OCH3 is 1. The predicted molar refractivity (Wildman–Crippen MR) is 93.2 cm³/mol. The fourth-order valence-electron chi connectivity index (χ4n) is 2.16. The third kappa shape index (κ3) is 5.39. The highest BCUT2D eigenvalue weighted by molar-refractivity contribution is 5.38. The van der Waals surface area contributed by atoms with Gasteiger partial charge < -0.3 is 15.0 Å². The minimum Gasteiger partial charge on any atom is -0.497 e. The Morgan fingerprint density at radius 2 is 2.00 bits per heavy atom. The Labute approximate surface area is 137 Å². The highest BCUT2D eigenvalue weighted by Gasteiger charge is 2.05. The molecule has 0 aliphatic carbocycles. The van der Waals surface area contributed by atoms with E-state index >= 15 is 0 Å². The predicted octanol–water partition coefficient (Wildman–Crippen LogP) is 2.77. The molecule has 1 heterocycles. The molecule has 0 unspecified atom stereocenters. The zero-order valence-electron chi connectivity index (χ0n) is 14.1. The van der Waals surface area contributed by atoms with E-state index in [0.717, 1.165) is 43.9 Å². The largest absolute Gasteiger partial charge is 0.497 e. The quantitative estimate of drug-likeness (QED) is 0.768. The molecular formula is C17H25N5O. The van der Waals surface area contributed by atoms with Crippen molar-refractivity contribution in [3.63, 3.8) is 0 Å². The van der Waals surface area contributed by atoms with E-state index < -0.39 is 0 Å². The maximum absolute atomic E-state index is 5.16. The first-order valence-electron chi connectivity index (χ1n) is 8.00. The number of benzene rings is 1. The van der Waals surface area contributed by atoms with Gasteiger partial charge in [0.2, 0.25) is 5.95 Å². The Morgan fingerprint density at radius 1 is 1.22 bits per heavy atom. The summed E-state index contributed by atoms with van der Waals surface area (Å²) in [5.41, 5.74) is 1.25. The molecule has 124 valence electrons. The molecule has 1 N–H and O–H groups in total. The second kappa shape index (κ2) is 8.92. The highest BCUT2D eigenvalue weighted by atomic mass is 16.5. The monoisotopic (exact) mass is 315 g/mol. The summed E-state index contributed by atoms with van der Waals surface area (Å²) in [4.78, 5) is 6.54. The first kappa shape index (κ1) is 17.0. The van der Waals surface area contributed by atoms with E-state index in [0.29, 0.717) is 5.95 Å². The molecule has 0 saturated heterocycles. The Balaban J connectivity index is 1.85. The van der Waals surface area contributed by atoms with Crippen molar-refractivity contribution in [3.8, 4) is 5.75 Å². The summed E-state index contributed by atoms with van der Waals surface area (Å²) in [5.74, 6) is 2.29. The molecule has 0 saturated carbocycles. The van der Waals surface area contributed by atoms with Crippen LogP contribution in [0.4, 0.5) is 11.8 Å². The standard InChI is InChI=1S/C17H25N5O/c1-4-5-12-22(2)17-20-16(13-19-21-17)18-11-10-14-6-8-15(23-3)9-7-14/h6-9,13H,4-5,10-12H2,1-3H3,(H,18,20,21).